The third kappa shape index (κ3) is 3.11. The first-order valence-corrected chi connectivity index (χ1v) is 4.75. The van der Waals surface area contributed by atoms with Crippen molar-refractivity contribution in [3.05, 3.63) is 0 Å². The fourth-order valence-corrected chi connectivity index (χ4v) is 1.70. The zero-order valence-corrected chi connectivity index (χ0v) is 7.24. The van der Waals surface area contributed by atoms with Crippen LogP contribution in [0.1, 0.15) is 26.7 Å². The summed E-state index contributed by atoms with van der Waals surface area (Å²) in [4.78, 5) is 0. The lowest BCUT2D eigenvalue weighted by Crippen LogP contribution is -2.20. The lowest BCUT2D eigenvalue weighted by Gasteiger charge is -2.16. The largest absolute Gasteiger partial charge is 0.392 e. The summed E-state index contributed by atoms with van der Waals surface area (Å²) in [5.41, 5.74) is 0. The van der Waals surface area contributed by atoms with Gasteiger partial charge >= 0.3 is 0 Å². The first-order chi connectivity index (χ1) is 4.26. The minimum atomic E-state index is -0.106. The van der Waals surface area contributed by atoms with Crippen molar-refractivity contribution in [2.24, 2.45) is 0 Å². The summed E-state index contributed by atoms with van der Waals surface area (Å²) in [5.74, 6) is 0. The number of thioether (sulfide) groups is 1. The molecule has 0 bridgehead atoms. The summed E-state index contributed by atoms with van der Waals surface area (Å²) in [6.45, 7) is 4.13. The Morgan fingerprint density at radius 1 is 1.33 bits per heavy atom. The molecule has 2 heteroatoms. The van der Waals surface area contributed by atoms with Gasteiger partial charge in [0.05, 0.1) is 6.10 Å². The van der Waals surface area contributed by atoms with Crippen molar-refractivity contribution in [3.63, 3.8) is 0 Å². The minimum Gasteiger partial charge on any atom is -0.392 e. The number of hydrogen-bond donors (Lipinski definition) is 1. The molecular formula is C7H16OS. The molecule has 2 atom stereocenters. The third-order valence-electron chi connectivity index (χ3n) is 1.55. The SMILES string of the molecule is CC[C@@H](O)[C@H](CC)SC. The molecular weight excluding hydrogens is 132 g/mol. The highest BCUT2D eigenvalue weighted by Gasteiger charge is 2.12. The third-order valence-corrected chi connectivity index (χ3v) is 2.81. The lowest BCUT2D eigenvalue weighted by molar-refractivity contribution is 0.165. The van der Waals surface area contributed by atoms with E-state index in [0.29, 0.717) is 5.25 Å². The molecule has 0 rings (SSSR count). The summed E-state index contributed by atoms with van der Waals surface area (Å²) in [6.07, 6.45) is 3.88. The van der Waals surface area contributed by atoms with Crippen LogP contribution in [-0.2, 0) is 0 Å². The highest BCUT2D eigenvalue weighted by molar-refractivity contribution is 7.99. The van der Waals surface area contributed by atoms with E-state index in [2.05, 4.69) is 6.92 Å². The second-order valence-corrected chi connectivity index (χ2v) is 3.23. The second-order valence-electron chi connectivity index (χ2n) is 2.16. The van der Waals surface area contributed by atoms with E-state index in [-0.39, 0.29) is 6.10 Å². The zero-order chi connectivity index (χ0) is 7.28. The van der Waals surface area contributed by atoms with Crippen LogP contribution in [0.5, 0.6) is 0 Å². The van der Waals surface area contributed by atoms with Gasteiger partial charge in [0.15, 0.2) is 0 Å². The summed E-state index contributed by atoms with van der Waals surface area (Å²) in [7, 11) is 0. The Bertz CT molecular complexity index is 61.9. The van der Waals surface area contributed by atoms with E-state index >= 15 is 0 Å². The smallest absolute Gasteiger partial charge is 0.0655 e. The van der Waals surface area contributed by atoms with Crippen LogP contribution in [0.25, 0.3) is 0 Å². The molecule has 56 valence electrons. The summed E-state index contributed by atoms with van der Waals surface area (Å²) < 4.78 is 0. The van der Waals surface area contributed by atoms with Gasteiger partial charge in [0, 0.05) is 5.25 Å². The van der Waals surface area contributed by atoms with Crippen molar-refractivity contribution < 1.29 is 5.11 Å². The molecule has 0 fully saturated rings. The number of aliphatic hydroxyl groups excluding tert-OH is 1. The normalized spacial score (nSPS) is 17.3. The van der Waals surface area contributed by atoms with Gasteiger partial charge in [-0.15, -0.1) is 0 Å². The molecule has 0 saturated heterocycles. The first kappa shape index (κ1) is 9.31. The van der Waals surface area contributed by atoms with E-state index in [0.717, 1.165) is 12.8 Å². The maximum absolute atomic E-state index is 9.30. The predicted molar refractivity (Wildman–Crippen MR) is 43.9 cm³/mol. The van der Waals surface area contributed by atoms with Gasteiger partial charge in [-0.1, -0.05) is 13.8 Å². The molecule has 0 amide bonds. The van der Waals surface area contributed by atoms with E-state index in [1.807, 2.05) is 13.2 Å². The van der Waals surface area contributed by atoms with E-state index < -0.39 is 0 Å². The molecule has 0 aromatic heterocycles. The van der Waals surface area contributed by atoms with Crippen molar-refractivity contribution >= 4 is 11.8 Å². The Morgan fingerprint density at radius 3 is 2.00 bits per heavy atom. The van der Waals surface area contributed by atoms with Gasteiger partial charge in [0.1, 0.15) is 0 Å². The molecule has 0 aliphatic heterocycles. The van der Waals surface area contributed by atoms with Gasteiger partial charge in [0.25, 0.3) is 0 Å². The molecule has 0 saturated carbocycles. The van der Waals surface area contributed by atoms with Gasteiger partial charge in [0.2, 0.25) is 0 Å². The average molecular weight is 148 g/mol. The van der Waals surface area contributed by atoms with Gasteiger partial charge in [-0.25, -0.2) is 0 Å². The van der Waals surface area contributed by atoms with Crippen LogP contribution in [0, 0.1) is 0 Å². The van der Waals surface area contributed by atoms with Crippen LogP contribution in [-0.4, -0.2) is 22.7 Å². The highest BCUT2D eigenvalue weighted by Crippen LogP contribution is 2.16. The van der Waals surface area contributed by atoms with Crippen molar-refractivity contribution in [2.75, 3.05) is 6.26 Å². The fourth-order valence-electron chi connectivity index (χ4n) is 0.859. The van der Waals surface area contributed by atoms with Crippen molar-refractivity contribution in [3.8, 4) is 0 Å². The molecule has 0 aliphatic rings. The maximum atomic E-state index is 9.30. The van der Waals surface area contributed by atoms with Gasteiger partial charge < -0.3 is 5.11 Å². The second kappa shape index (κ2) is 5.12. The van der Waals surface area contributed by atoms with E-state index in [9.17, 15) is 5.11 Å². The van der Waals surface area contributed by atoms with E-state index in [1.165, 1.54) is 0 Å². The van der Waals surface area contributed by atoms with Gasteiger partial charge in [-0.2, -0.15) is 11.8 Å². The average Bonchev–Trinajstić information content (AvgIpc) is 1.90. The Labute approximate surface area is 61.8 Å². The Hall–Kier alpha value is 0.310. The molecule has 1 N–H and O–H groups in total. The highest BCUT2D eigenvalue weighted by atomic mass is 32.2. The van der Waals surface area contributed by atoms with E-state index in [4.69, 9.17) is 0 Å². The van der Waals surface area contributed by atoms with Crippen LogP contribution in [0.3, 0.4) is 0 Å². The lowest BCUT2D eigenvalue weighted by atomic mass is 10.1. The van der Waals surface area contributed by atoms with Crippen LogP contribution in [0.15, 0.2) is 0 Å². The molecule has 0 aromatic carbocycles. The van der Waals surface area contributed by atoms with Crippen molar-refractivity contribution in [1.29, 1.82) is 0 Å². The summed E-state index contributed by atoms with van der Waals surface area (Å²) >= 11 is 1.75. The molecule has 0 spiro atoms. The van der Waals surface area contributed by atoms with Crippen LogP contribution in [0.2, 0.25) is 0 Å². The van der Waals surface area contributed by atoms with Gasteiger partial charge in [-0.05, 0) is 19.1 Å². The molecule has 0 heterocycles. The number of rotatable bonds is 4. The number of hydrogen-bond acceptors (Lipinski definition) is 2. The summed E-state index contributed by atoms with van der Waals surface area (Å²) in [6, 6.07) is 0. The number of aliphatic hydroxyl groups is 1. The zero-order valence-electron chi connectivity index (χ0n) is 6.42. The maximum Gasteiger partial charge on any atom is 0.0655 e. The van der Waals surface area contributed by atoms with Gasteiger partial charge in [-0.3, -0.25) is 0 Å². The quantitative estimate of drug-likeness (QED) is 0.657. The minimum absolute atomic E-state index is 0.106. The Morgan fingerprint density at radius 2 is 1.89 bits per heavy atom. The Balaban J connectivity index is 3.50. The molecule has 0 aromatic rings. The van der Waals surface area contributed by atoms with Crippen molar-refractivity contribution in [1.82, 2.24) is 0 Å². The van der Waals surface area contributed by atoms with Crippen LogP contribution < -0.4 is 0 Å². The van der Waals surface area contributed by atoms with Crippen LogP contribution in [0.4, 0.5) is 0 Å². The predicted octanol–water partition coefficient (Wildman–Crippen LogP) is 1.90. The van der Waals surface area contributed by atoms with E-state index in [1.54, 1.807) is 11.8 Å². The molecule has 0 radical (unpaired) electrons. The standard InChI is InChI=1S/C7H16OS/c1-4-6(8)7(5-2)9-3/h6-8H,4-5H2,1-3H3/t6-,7+/m1/s1. The van der Waals surface area contributed by atoms with Crippen LogP contribution >= 0.6 is 11.8 Å². The van der Waals surface area contributed by atoms with Crippen molar-refractivity contribution in [2.45, 2.75) is 38.0 Å². The fraction of sp³-hybridized carbons (Fsp3) is 1.00. The molecule has 0 unspecified atom stereocenters. The monoisotopic (exact) mass is 148 g/mol. The Kier molecular flexibility index (Phi) is 5.30. The molecule has 0 aliphatic carbocycles. The first-order valence-electron chi connectivity index (χ1n) is 3.47. The summed E-state index contributed by atoms with van der Waals surface area (Å²) in [5, 5.41) is 9.74. The molecule has 9 heavy (non-hydrogen) atoms. The molecule has 1 nitrogen and oxygen atoms in total. The topological polar surface area (TPSA) is 20.2 Å².